The standard InChI is InChI=1S/C18H18N4O3S/c1-9-14-10(2)20-16(12-4-3-7-25-12)22-18(14)26-15(9)17(24)19-8-13(23)21-11-5-6-11/h3-4,7,11H,5-6,8H2,1-2H3,(H,19,24)(H,21,23). The number of nitrogens with one attached hydrogen (secondary N) is 2. The van der Waals surface area contributed by atoms with E-state index in [0.717, 1.165) is 34.3 Å². The molecule has 2 N–H and O–H groups in total. The molecule has 1 fully saturated rings. The molecule has 3 aromatic heterocycles. The van der Waals surface area contributed by atoms with Gasteiger partial charge in [-0.15, -0.1) is 11.3 Å². The molecule has 0 saturated heterocycles. The van der Waals surface area contributed by atoms with Crippen LogP contribution in [0.4, 0.5) is 0 Å². The van der Waals surface area contributed by atoms with Crippen molar-refractivity contribution in [2.24, 2.45) is 0 Å². The number of aryl methyl sites for hydroxylation is 2. The van der Waals surface area contributed by atoms with E-state index in [2.05, 4.69) is 20.6 Å². The summed E-state index contributed by atoms with van der Waals surface area (Å²) in [6.45, 7) is 3.74. The minimum Gasteiger partial charge on any atom is -0.461 e. The Morgan fingerprint density at radius 1 is 1.31 bits per heavy atom. The monoisotopic (exact) mass is 370 g/mol. The Labute approximate surface area is 153 Å². The highest BCUT2D eigenvalue weighted by Crippen LogP contribution is 2.32. The van der Waals surface area contributed by atoms with E-state index in [9.17, 15) is 9.59 Å². The molecule has 0 aromatic carbocycles. The van der Waals surface area contributed by atoms with Crippen molar-refractivity contribution in [3.05, 3.63) is 34.5 Å². The molecule has 2 amide bonds. The zero-order chi connectivity index (χ0) is 18.3. The summed E-state index contributed by atoms with van der Waals surface area (Å²) in [5, 5.41) is 6.41. The van der Waals surface area contributed by atoms with Gasteiger partial charge < -0.3 is 15.1 Å². The topological polar surface area (TPSA) is 97.1 Å². The summed E-state index contributed by atoms with van der Waals surface area (Å²) >= 11 is 1.30. The predicted octanol–water partition coefficient (Wildman–Crippen LogP) is 2.58. The maximum Gasteiger partial charge on any atom is 0.262 e. The number of hydrogen-bond acceptors (Lipinski definition) is 6. The van der Waals surface area contributed by atoms with Crippen LogP contribution in [0.1, 0.15) is 33.8 Å². The van der Waals surface area contributed by atoms with Gasteiger partial charge in [-0.05, 0) is 44.4 Å². The SMILES string of the molecule is Cc1nc(-c2ccco2)nc2sc(C(=O)NCC(=O)NC3CC3)c(C)c12. The molecule has 26 heavy (non-hydrogen) atoms. The van der Waals surface area contributed by atoms with E-state index < -0.39 is 0 Å². The molecule has 134 valence electrons. The summed E-state index contributed by atoms with van der Waals surface area (Å²) < 4.78 is 5.37. The second-order valence-corrected chi connectivity index (χ2v) is 7.37. The van der Waals surface area contributed by atoms with Crippen molar-refractivity contribution in [2.75, 3.05) is 6.54 Å². The van der Waals surface area contributed by atoms with Gasteiger partial charge in [-0.1, -0.05) is 0 Å². The van der Waals surface area contributed by atoms with E-state index >= 15 is 0 Å². The molecule has 1 aliphatic rings. The molecule has 8 heteroatoms. The Hall–Kier alpha value is -2.74. The molecule has 3 heterocycles. The first-order valence-corrected chi connectivity index (χ1v) is 9.23. The van der Waals surface area contributed by atoms with Gasteiger partial charge in [0.1, 0.15) is 4.83 Å². The van der Waals surface area contributed by atoms with Crippen molar-refractivity contribution in [1.29, 1.82) is 0 Å². The maximum atomic E-state index is 12.5. The molecular formula is C18H18N4O3S. The number of carbonyl (C=O) groups is 2. The van der Waals surface area contributed by atoms with Gasteiger partial charge >= 0.3 is 0 Å². The first kappa shape index (κ1) is 16.7. The van der Waals surface area contributed by atoms with E-state index in [0.29, 0.717) is 16.5 Å². The van der Waals surface area contributed by atoms with Crippen molar-refractivity contribution in [3.63, 3.8) is 0 Å². The lowest BCUT2D eigenvalue weighted by Crippen LogP contribution is -2.37. The first-order valence-electron chi connectivity index (χ1n) is 8.42. The number of furan rings is 1. The van der Waals surface area contributed by atoms with Gasteiger partial charge in [0.15, 0.2) is 11.6 Å². The van der Waals surface area contributed by atoms with E-state index in [-0.39, 0.29) is 24.4 Å². The average molecular weight is 370 g/mol. The van der Waals surface area contributed by atoms with Crippen molar-refractivity contribution >= 4 is 33.4 Å². The molecule has 7 nitrogen and oxygen atoms in total. The van der Waals surface area contributed by atoms with E-state index in [1.165, 1.54) is 11.3 Å². The van der Waals surface area contributed by atoms with Crippen molar-refractivity contribution in [2.45, 2.75) is 32.7 Å². The zero-order valence-electron chi connectivity index (χ0n) is 14.5. The van der Waals surface area contributed by atoms with Crippen LogP contribution in [0.25, 0.3) is 21.8 Å². The third-order valence-electron chi connectivity index (χ3n) is 4.27. The molecule has 1 saturated carbocycles. The third-order valence-corrected chi connectivity index (χ3v) is 5.46. The van der Waals surface area contributed by atoms with E-state index in [1.807, 2.05) is 13.8 Å². The number of amides is 2. The summed E-state index contributed by atoms with van der Waals surface area (Å²) in [6, 6.07) is 3.86. The summed E-state index contributed by atoms with van der Waals surface area (Å²) in [4.78, 5) is 34.6. The molecule has 0 atom stereocenters. The number of fused-ring (bicyclic) bond motifs is 1. The average Bonchev–Trinajstić information content (AvgIpc) is 3.12. The summed E-state index contributed by atoms with van der Waals surface area (Å²) in [7, 11) is 0. The van der Waals surface area contributed by atoms with Crippen LogP contribution in [0.15, 0.2) is 22.8 Å². The highest BCUT2D eigenvalue weighted by atomic mass is 32.1. The highest BCUT2D eigenvalue weighted by molar-refractivity contribution is 7.20. The van der Waals surface area contributed by atoms with E-state index in [4.69, 9.17) is 4.42 Å². The van der Waals surface area contributed by atoms with Gasteiger partial charge in [-0.3, -0.25) is 9.59 Å². The molecule has 3 aromatic rings. The lowest BCUT2D eigenvalue weighted by atomic mass is 10.1. The Balaban J connectivity index is 1.59. The Morgan fingerprint density at radius 2 is 2.12 bits per heavy atom. The van der Waals surface area contributed by atoms with Crippen LogP contribution >= 0.6 is 11.3 Å². The highest BCUT2D eigenvalue weighted by Gasteiger charge is 2.24. The van der Waals surface area contributed by atoms with Gasteiger partial charge in [0.25, 0.3) is 5.91 Å². The van der Waals surface area contributed by atoms with Crippen LogP contribution in [-0.4, -0.2) is 34.4 Å². The summed E-state index contributed by atoms with van der Waals surface area (Å²) in [6.07, 6.45) is 3.61. The van der Waals surface area contributed by atoms with Crippen LogP contribution in [-0.2, 0) is 4.79 Å². The zero-order valence-corrected chi connectivity index (χ0v) is 15.3. The first-order chi connectivity index (χ1) is 12.5. The van der Waals surface area contributed by atoms with Crippen LogP contribution in [0.5, 0.6) is 0 Å². The fourth-order valence-electron chi connectivity index (χ4n) is 2.82. The summed E-state index contributed by atoms with van der Waals surface area (Å²) in [5.41, 5.74) is 1.62. The van der Waals surface area contributed by atoms with Crippen LogP contribution in [0, 0.1) is 13.8 Å². The second-order valence-electron chi connectivity index (χ2n) is 6.37. The number of rotatable bonds is 5. The maximum absolute atomic E-state index is 12.5. The van der Waals surface area contributed by atoms with Gasteiger partial charge in [-0.2, -0.15) is 0 Å². The molecule has 0 aliphatic heterocycles. The largest absolute Gasteiger partial charge is 0.461 e. The lowest BCUT2D eigenvalue weighted by Gasteiger charge is -2.05. The number of nitrogens with zero attached hydrogens (tertiary/aromatic N) is 2. The van der Waals surface area contributed by atoms with Gasteiger partial charge in [-0.25, -0.2) is 9.97 Å². The molecule has 0 radical (unpaired) electrons. The normalized spacial score (nSPS) is 13.8. The number of hydrogen-bond donors (Lipinski definition) is 2. The lowest BCUT2D eigenvalue weighted by molar-refractivity contribution is -0.120. The van der Waals surface area contributed by atoms with Gasteiger partial charge in [0, 0.05) is 11.4 Å². The predicted molar refractivity (Wildman–Crippen MR) is 98.1 cm³/mol. The van der Waals surface area contributed by atoms with Gasteiger partial charge in [0.05, 0.1) is 23.4 Å². The quantitative estimate of drug-likeness (QED) is 0.719. The van der Waals surface area contributed by atoms with Crippen LogP contribution in [0.2, 0.25) is 0 Å². The second kappa shape index (κ2) is 6.53. The molecule has 4 rings (SSSR count). The number of aromatic nitrogens is 2. The Morgan fingerprint density at radius 3 is 2.81 bits per heavy atom. The van der Waals surface area contributed by atoms with Crippen molar-refractivity contribution in [1.82, 2.24) is 20.6 Å². The summed E-state index contributed by atoms with van der Waals surface area (Å²) in [5.74, 6) is 0.659. The van der Waals surface area contributed by atoms with Crippen molar-refractivity contribution < 1.29 is 14.0 Å². The molecule has 1 aliphatic carbocycles. The number of thiophene rings is 1. The fourth-order valence-corrected chi connectivity index (χ4v) is 3.97. The van der Waals surface area contributed by atoms with Crippen molar-refractivity contribution in [3.8, 4) is 11.6 Å². The van der Waals surface area contributed by atoms with Crippen LogP contribution in [0.3, 0.4) is 0 Å². The van der Waals surface area contributed by atoms with E-state index in [1.54, 1.807) is 18.4 Å². The molecule has 0 spiro atoms. The smallest absolute Gasteiger partial charge is 0.262 e. The van der Waals surface area contributed by atoms with Crippen LogP contribution < -0.4 is 10.6 Å². The number of carbonyl (C=O) groups excluding carboxylic acids is 2. The minimum absolute atomic E-state index is 0.0225. The van der Waals surface area contributed by atoms with Gasteiger partial charge in [0.2, 0.25) is 5.91 Å². The fraction of sp³-hybridized carbons (Fsp3) is 0.333. The Kier molecular flexibility index (Phi) is 4.20. The molecule has 0 unspecified atom stereocenters. The Bertz CT molecular complexity index is 990. The third kappa shape index (κ3) is 3.20. The molecule has 0 bridgehead atoms. The minimum atomic E-state index is -0.268. The molecular weight excluding hydrogens is 352 g/mol.